The number of likely N-dealkylation sites (N-methyl/N-ethyl adjacent to an activating group) is 1. The summed E-state index contributed by atoms with van der Waals surface area (Å²) < 4.78 is 1.13. The maximum atomic E-state index is 12.5. The number of hydrogen-bond donors (Lipinski definition) is 2. The zero-order valence-corrected chi connectivity index (χ0v) is 13.5. The topological polar surface area (TPSA) is 95.7 Å². The van der Waals surface area contributed by atoms with Crippen LogP contribution in [0.2, 0.25) is 0 Å². The molecule has 0 saturated heterocycles. The summed E-state index contributed by atoms with van der Waals surface area (Å²) in [5, 5.41) is 25.2. The largest absolute Gasteiger partial charge is 0.390 e. The number of rotatable bonds is 3. The van der Waals surface area contributed by atoms with Gasteiger partial charge in [-0.3, -0.25) is 9.59 Å². The van der Waals surface area contributed by atoms with Crippen LogP contribution in [-0.4, -0.2) is 56.1 Å². The first-order valence-corrected chi connectivity index (χ1v) is 8.05. The fourth-order valence-electron chi connectivity index (χ4n) is 3.22. The van der Waals surface area contributed by atoms with Crippen molar-refractivity contribution in [1.29, 1.82) is 0 Å². The first-order chi connectivity index (χ1) is 11.5. The van der Waals surface area contributed by atoms with Crippen molar-refractivity contribution in [3.05, 3.63) is 40.8 Å². The van der Waals surface area contributed by atoms with Gasteiger partial charge in [-0.25, -0.2) is 4.68 Å². The molecule has 2 N–H and O–H groups in total. The average molecular weight is 331 g/mol. The molecule has 3 rings (SSSR count). The van der Waals surface area contributed by atoms with E-state index in [1.807, 2.05) is 6.07 Å². The highest BCUT2D eigenvalue weighted by molar-refractivity contribution is 5.81. The van der Waals surface area contributed by atoms with Gasteiger partial charge in [0.2, 0.25) is 5.91 Å². The molecular formula is C17H21N3O4. The second-order valence-corrected chi connectivity index (χ2v) is 6.26. The molecule has 1 saturated carbocycles. The highest BCUT2D eigenvalue weighted by Gasteiger charge is 2.35. The predicted octanol–water partition coefficient (Wildman–Crippen LogP) is 0.129. The van der Waals surface area contributed by atoms with Crippen molar-refractivity contribution in [2.24, 2.45) is 0 Å². The predicted molar refractivity (Wildman–Crippen MR) is 88.4 cm³/mol. The third-order valence-corrected chi connectivity index (χ3v) is 4.73. The van der Waals surface area contributed by atoms with Crippen LogP contribution in [0, 0.1) is 0 Å². The number of aliphatic hydroxyl groups is 2. The van der Waals surface area contributed by atoms with Crippen molar-refractivity contribution in [2.45, 2.75) is 44.1 Å². The van der Waals surface area contributed by atoms with Gasteiger partial charge in [-0.15, -0.1) is 0 Å². The Morgan fingerprint density at radius 3 is 2.88 bits per heavy atom. The average Bonchev–Trinajstić information content (AvgIpc) is 2.59. The molecule has 24 heavy (non-hydrogen) atoms. The van der Waals surface area contributed by atoms with Crippen molar-refractivity contribution >= 4 is 16.7 Å². The Bertz CT molecular complexity index is 804. The van der Waals surface area contributed by atoms with Crippen molar-refractivity contribution < 1.29 is 15.0 Å². The maximum absolute atomic E-state index is 12.5. The van der Waals surface area contributed by atoms with Crippen LogP contribution in [0.5, 0.6) is 0 Å². The molecule has 7 heteroatoms. The van der Waals surface area contributed by atoms with E-state index in [9.17, 15) is 19.8 Å². The van der Waals surface area contributed by atoms with Crippen LogP contribution in [0.1, 0.15) is 19.3 Å². The van der Waals surface area contributed by atoms with E-state index in [2.05, 4.69) is 5.10 Å². The van der Waals surface area contributed by atoms with Gasteiger partial charge in [0, 0.05) is 12.4 Å². The Kier molecular flexibility index (Phi) is 4.64. The smallest absolute Gasteiger partial charge is 0.275 e. The fourth-order valence-corrected chi connectivity index (χ4v) is 3.22. The molecule has 3 atom stereocenters. The lowest BCUT2D eigenvalue weighted by molar-refractivity contribution is -0.139. The standard InChI is InChI=1S/C17H21N3O4/c1-19(13-7-4-8-14(21)16(13)23)15(22)10-20-17(24)12-6-3-2-5-11(12)9-18-20/h2-3,5-6,9,13-14,16,21,23H,4,7-8,10H2,1H3/t13-,14-,16-/m1/s1. The van der Waals surface area contributed by atoms with E-state index in [4.69, 9.17) is 0 Å². The molecule has 1 aromatic heterocycles. The van der Waals surface area contributed by atoms with E-state index in [1.165, 1.54) is 4.90 Å². The summed E-state index contributed by atoms with van der Waals surface area (Å²) >= 11 is 0. The molecule has 1 heterocycles. The van der Waals surface area contributed by atoms with Gasteiger partial charge in [-0.05, 0) is 25.3 Å². The first kappa shape index (κ1) is 16.6. The second kappa shape index (κ2) is 6.70. The number of aromatic nitrogens is 2. The van der Waals surface area contributed by atoms with Gasteiger partial charge in [-0.2, -0.15) is 5.10 Å². The number of benzene rings is 1. The number of fused-ring (bicyclic) bond motifs is 1. The summed E-state index contributed by atoms with van der Waals surface area (Å²) in [6.07, 6.45) is 1.68. The molecule has 0 radical (unpaired) electrons. The number of carbonyl (C=O) groups is 1. The lowest BCUT2D eigenvalue weighted by Gasteiger charge is -2.37. The van der Waals surface area contributed by atoms with Crippen molar-refractivity contribution in [1.82, 2.24) is 14.7 Å². The van der Waals surface area contributed by atoms with Gasteiger partial charge >= 0.3 is 0 Å². The van der Waals surface area contributed by atoms with E-state index < -0.39 is 18.2 Å². The van der Waals surface area contributed by atoms with Crippen LogP contribution in [0.15, 0.2) is 35.3 Å². The minimum absolute atomic E-state index is 0.195. The van der Waals surface area contributed by atoms with E-state index in [1.54, 1.807) is 31.4 Å². The van der Waals surface area contributed by atoms with Crippen molar-refractivity contribution in [3.8, 4) is 0 Å². The Balaban J connectivity index is 1.79. The molecular weight excluding hydrogens is 310 g/mol. The summed E-state index contributed by atoms with van der Waals surface area (Å²) in [5.41, 5.74) is -0.320. The van der Waals surface area contributed by atoms with Crippen LogP contribution < -0.4 is 5.56 Å². The molecule has 0 unspecified atom stereocenters. The molecule has 1 amide bonds. The second-order valence-electron chi connectivity index (χ2n) is 6.26. The molecule has 1 aliphatic rings. The maximum Gasteiger partial charge on any atom is 0.275 e. The van der Waals surface area contributed by atoms with Gasteiger partial charge in [-0.1, -0.05) is 18.2 Å². The number of carbonyl (C=O) groups excluding carboxylic acids is 1. The molecule has 1 fully saturated rings. The summed E-state index contributed by atoms with van der Waals surface area (Å²) in [7, 11) is 1.58. The van der Waals surface area contributed by atoms with Crippen molar-refractivity contribution in [3.63, 3.8) is 0 Å². The van der Waals surface area contributed by atoms with Gasteiger partial charge in [0.15, 0.2) is 0 Å². The Labute approximate surface area is 139 Å². The molecule has 2 aromatic rings. The quantitative estimate of drug-likeness (QED) is 0.833. The normalized spacial score (nSPS) is 24.0. The SMILES string of the molecule is CN(C(=O)Cn1ncc2ccccc2c1=O)[C@@H]1CCC[C@@H](O)[C@@H]1O. The lowest BCUT2D eigenvalue weighted by Crippen LogP contribution is -2.52. The van der Waals surface area contributed by atoms with E-state index in [0.29, 0.717) is 18.2 Å². The monoisotopic (exact) mass is 331 g/mol. The minimum atomic E-state index is -0.964. The highest BCUT2D eigenvalue weighted by Crippen LogP contribution is 2.23. The van der Waals surface area contributed by atoms with E-state index >= 15 is 0 Å². The van der Waals surface area contributed by atoms with Crippen LogP contribution in [0.4, 0.5) is 0 Å². The highest BCUT2D eigenvalue weighted by atomic mass is 16.3. The third-order valence-electron chi connectivity index (χ3n) is 4.73. The Morgan fingerprint density at radius 1 is 1.33 bits per heavy atom. The summed E-state index contributed by atoms with van der Waals surface area (Å²) in [4.78, 5) is 26.3. The van der Waals surface area contributed by atoms with Gasteiger partial charge in [0.1, 0.15) is 12.6 Å². The molecule has 128 valence electrons. The summed E-state index contributed by atoms with van der Waals surface area (Å²) in [6, 6.07) is 6.63. The zero-order chi connectivity index (χ0) is 17.3. The summed E-state index contributed by atoms with van der Waals surface area (Å²) in [6.45, 7) is -0.195. The molecule has 0 bridgehead atoms. The number of hydrogen-bond acceptors (Lipinski definition) is 5. The first-order valence-electron chi connectivity index (χ1n) is 8.05. The third kappa shape index (κ3) is 3.05. The molecule has 1 aliphatic carbocycles. The zero-order valence-electron chi connectivity index (χ0n) is 13.5. The molecule has 7 nitrogen and oxygen atoms in total. The minimum Gasteiger partial charge on any atom is -0.390 e. The van der Waals surface area contributed by atoms with Crippen LogP contribution >= 0.6 is 0 Å². The Hall–Kier alpha value is -2.25. The van der Waals surface area contributed by atoms with Gasteiger partial charge in [0.05, 0.1) is 23.7 Å². The molecule has 0 aliphatic heterocycles. The van der Waals surface area contributed by atoms with Crippen LogP contribution in [0.25, 0.3) is 10.8 Å². The van der Waals surface area contributed by atoms with Crippen LogP contribution in [0.3, 0.4) is 0 Å². The van der Waals surface area contributed by atoms with E-state index in [0.717, 1.165) is 16.5 Å². The van der Waals surface area contributed by atoms with Crippen LogP contribution in [-0.2, 0) is 11.3 Å². The number of aliphatic hydroxyl groups excluding tert-OH is 2. The Morgan fingerprint density at radius 2 is 2.08 bits per heavy atom. The van der Waals surface area contributed by atoms with Gasteiger partial charge in [0.25, 0.3) is 5.56 Å². The van der Waals surface area contributed by atoms with Crippen molar-refractivity contribution in [2.75, 3.05) is 7.05 Å². The lowest BCUT2D eigenvalue weighted by atomic mass is 9.89. The fraction of sp³-hybridized carbons (Fsp3) is 0.471. The summed E-state index contributed by atoms with van der Waals surface area (Å²) in [5.74, 6) is -0.321. The number of amides is 1. The molecule has 1 aromatic carbocycles. The van der Waals surface area contributed by atoms with Gasteiger partial charge < -0.3 is 15.1 Å². The molecule has 0 spiro atoms. The number of nitrogens with zero attached hydrogens (tertiary/aromatic N) is 3. The van der Waals surface area contributed by atoms with E-state index in [-0.39, 0.29) is 18.0 Å².